The minimum absolute atomic E-state index is 0.0337. The van der Waals surface area contributed by atoms with Gasteiger partial charge in [0.2, 0.25) is 0 Å². The largest absolute Gasteiger partial charge is 0.523 e. The second kappa shape index (κ2) is 4.46. The van der Waals surface area contributed by atoms with Crippen molar-refractivity contribution >= 4 is 10.1 Å². The summed E-state index contributed by atoms with van der Waals surface area (Å²) in [6.07, 6.45) is -0.360. The van der Waals surface area contributed by atoms with Gasteiger partial charge in [-0.25, -0.2) is 4.39 Å². The van der Waals surface area contributed by atoms with Crippen LogP contribution in [-0.2, 0) is 19.0 Å². The molecule has 0 radical (unpaired) electrons. The highest BCUT2D eigenvalue weighted by Crippen LogP contribution is 2.30. The van der Waals surface area contributed by atoms with E-state index in [1.54, 1.807) is 0 Å². The van der Waals surface area contributed by atoms with Gasteiger partial charge in [0, 0.05) is 26.1 Å². The van der Waals surface area contributed by atoms with Gasteiger partial charge in [-0.1, -0.05) is 0 Å². The molecule has 0 spiro atoms. The molecule has 0 N–H and O–H groups in total. The average molecular weight is 266 g/mol. The highest BCUT2D eigenvalue weighted by atomic mass is 32.2. The summed E-state index contributed by atoms with van der Waals surface area (Å²) in [5.41, 5.74) is -7.59. The van der Waals surface area contributed by atoms with Gasteiger partial charge in [0.15, 0.2) is 0 Å². The number of hydrogen-bond acceptors (Lipinski definition) is 4. The van der Waals surface area contributed by atoms with Gasteiger partial charge in [-0.05, 0) is 0 Å². The maximum Gasteiger partial charge on any atom is 0.523 e. The van der Waals surface area contributed by atoms with Crippen molar-refractivity contribution in [2.45, 2.75) is 24.0 Å². The lowest BCUT2D eigenvalue weighted by molar-refractivity contribution is -0.0654. The maximum absolute atomic E-state index is 13.7. The summed E-state index contributed by atoms with van der Waals surface area (Å²) in [5.74, 6) is 0. The summed E-state index contributed by atoms with van der Waals surface area (Å²) in [6.45, 7) is -1.06. The van der Waals surface area contributed by atoms with E-state index in [0.29, 0.717) is 0 Å². The SMILES string of the molecule is O=S(=O)(OCC1(F)CCOCC1)C(F)(F)F. The Hall–Kier alpha value is -0.410. The van der Waals surface area contributed by atoms with E-state index < -0.39 is 27.9 Å². The Balaban J connectivity index is 2.57. The molecule has 0 saturated carbocycles. The van der Waals surface area contributed by atoms with E-state index in [1.807, 2.05) is 0 Å². The summed E-state index contributed by atoms with van der Waals surface area (Å²) < 4.78 is 78.6. The number of alkyl halides is 4. The van der Waals surface area contributed by atoms with Gasteiger partial charge in [0.25, 0.3) is 0 Å². The molecule has 1 heterocycles. The fourth-order valence-electron chi connectivity index (χ4n) is 1.13. The third kappa shape index (κ3) is 3.29. The predicted molar refractivity (Wildman–Crippen MR) is 44.8 cm³/mol. The number of halogens is 4. The summed E-state index contributed by atoms with van der Waals surface area (Å²) in [6, 6.07) is 0. The molecule has 0 amide bonds. The molecule has 1 aliphatic rings. The van der Waals surface area contributed by atoms with Crippen molar-refractivity contribution in [1.82, 2.24) is 0 Å². The highest BCUT2D eigenvalue weighted by molar-refractivity contribution is 7.87. The zero-order valence-corrected chi connectivity index (χ0v) is 8.91. The Morgan fingerprint density at radius 3 is 2.19 bits per heavy atom. The maximum atomic E-state index is 13.7. The second-order valence-electron chi connectivity index (χ2n) is 3.43. The van der Waals surface area contributed by atoms with Gasteiger partial charge in [-0.15, -0.1) is 0 Å². The molecule has 1 rings (SSSR count). The standard InChI is InChI=1S/C7H10F4O4S/c8-6(1-3-14-4-2-6)5-15-16(12,13)7(9,10)11/h1-5H2. The highest BCUT2D eigenvalue weighted by Gasteiger charge is 2.49. The third-order valence-corrected chi connectivity index (χ3v) is 3.14. The summed E-state index contributed by atoms with van der Waals surface area (Å²) >= 11 is 0. The minimum atomic E-state index is -5.72. The molecule has 0 aromatic heterocycles. The van der Waals surface area contributed by atoms with Crippen LogP contribution in [0.4, 0.5) is 17.6 Å². The van der Waals surface area contributed by atoms with Crippen molar-refractivity contribution in [1.29, 1.82) is 0 Å². The number of ether oxygens (including phenoxy) is 1. The normalized spacial score (nSPS) is 22.0. The molecule has 1 saturated heterocycles. The van der Waals surface area contributed by atoms with Crippen LogP contribution < -0.4 is 0 Å². The van der Waals surface area contributed by atoms with E-state index in [0.717, 1.165) is 0 Å². The number of hydrogen-bond donors (Lipinski definition) is 0. The van der Waals surface area contributed by atoms with Crippen LogP contribution in [0, 0.1) is 0 Å². The Morgan fingerprint density at radius 2 is 1.75 bits per heavy atom. The molecule has 0 aromatic rings. The first-order chi connectivity index (χ1) is 7.16. The van der Waals surface area contributed by atoms with Crippen LogP contribution in [0.25, 0.3) is 0 Å². The van der Waals surface area contributed by atoms with Gasteiger partial charge in [-0.2, -0.15) is 21.6 Å². The summed E-state index contributed by atoms with van der Waals surface area (Å²) in [7, 11) is -5.72. The van der Waals surface area contributed by atoms with Gasteiger partial charge >= 0.3 is 15.6 Å². The molecule has 0 atom stereocenters. The molecule has 96 valence electrons. The van der Waals surface area contributed by atoms with Crippen molar-refractivity contribution < 1.29 is 34.9 Å². The van der Waals surface area contributed by atoms with Gasteiger partial charge in [-0.3, -0.25) is 4.18 Å². The molecule has 4 nitrogen and oxygen atoms in total. The van der Waals surface area contributed by atoms with Crippen molar-refractivity contribution in [2.75, 3.05) is 19.8 Å². The number of rotatable bonds is 3. The van der Waals surface area contributed by atoms with Crippen LogP contribution in [-0.4, -0.2) is 39.4 Å². The molecule has 1 fully saturated rings. The van der Waals surface area contributed by atoms with E-state index >= 15 is 0 Å². The summed E-state index contributed by atoms with van der Waals surface area (Å²) in [5, 5.41) is 0. The molecule has 16 heavy (non-hydrogen) atoms. The minimum Gasteiger partial charge on any atom is -0.381 e. The first-order valence-corrected chi connectivity index (χ1v) is 5.79. The van der Waals surface area contributed by atoms with Crippen LogP contribution in [0.15, 0.2) is 0 Å². The summed E-state index contributed by atoms with van der Waals surface area (Å²) in [4.78, 5) is 0. The molecular weight excluding hydrogens is 256 g/mol. The van der Waals surface area contributed by atoms with Gasteiger partial charge in [0.1, 0.15) is 12.3 Å². The van der Waals surface area contributed by atoms with Gasteiger partial charge in [0.05, 0.1) is 0 Å². The van der Waals surface area contributed by atoms with Crippen molar-refractivity contribution in [3.63, 3.8) is 0 Å². The van der Waals surface area contributed by atoms with E-state index in [9.17, 15) is 26.0 Å². The monoisotopic (exact) mass is 266 g/mol. The lowest BCUT2D eigenvalue weighted by Crippen LogP contribution is -2.39. The average Bonchev–Trinajstić information content (AvgIpc) is 2.15. The Morgan fingerprint density at radius 1 is 1.25 bits per heavy atom. The molecule has 0 aliphatic carbocycles. The Labute approximate surface area is 89.6 Å². The van der Waals surface area contributed by atoms with Crippen LogP contribution in [0.2, 0.25) is 0 Å². The topological polar surface area (TPSA) is 52.6 Å². The molecule has 0 bridgehead atoms. The molecule has 0 unspecified atom stereocenters. The zero-order chi connectivity index (χ0) is 12.4. The van der Waals surface area contributed by atoms with E-state index in [2.05, 4.69) is 4.18 Å². The molecule has 9 heteroatoms. The van der Waals surface area contributed by atoms with Crippen LogP contribution in [0.3, 0.4) is 0 Å². The first kappa shape index (κ1) is 13.7. The van der Waals surface area contributed by atoms with Crippen LogP contribution in [0.5, 0.6) is 0 Å². The van der Waals surface area contributed by atoms with Crippen LogP contribution in [0.1, 0.15) is 12.8 Å². The van der Waals surface area contributed by atoms with Gasteiger partial charge < -0.3 is 4.74 Å². The van der Waals surface area contributed by atoms with Crippen LogP contribution >= 0.6 is 0 Å². The Bertz CT molecular complexity index is 331. The van der Waals surface area contributed by atoms with Crippen molar-refractivity contribution in [3.05, 3.63) is 0 Å². The third-order valence-electron chi connectivity index (χ3n) is 2.15. The quantitative estimate of drug-likeness (QED) is 0.440. The van der Waals surface area contributed by atoms with E-state index in [1.165, 1.54) is 0 Å². The lowest BCUT2D eigenvalue weighted by atomic mass is 9.98. The van der Waals surface area contributed by atoms with Crippen molar-refractivity contribution in [2.24, 2.45) is 0 Å². The fourth-order valence-corrected chi connectivity index (χ4v) is 1.63. The Kier molecular flexibility index (Phi) is 3.80. The first-order valence-electron chi connectivity index (χ1n) is 4.39. The molecule has 1 aliphatic heterocycles. The second-order valence-corrected chi connectivity index (χ2v) is 5.03. The smallest absolute Gasteiger partial charge is 0.381 e. The van der Waals surface area contributed by atoms with E-state index in [4.69, 9.17) is 4.74 Å². The molecule has 0 aromatic carbocycles. The van der Waals surface area contributed by atoms with Crippen molar-refractivity contribution in [3.8, 4) is 0 Å². The lowest BCUT2D eigenvalue weighted by Gasteiger charge is -2.28. The predicted octanol–water partition coefficient (Wildman–Crippen LogP) is 1.37. The van der Waals surface area contributed by atoms with E-state index in [-0.39, 0.29) is 26.1 Å². The zero-order valence-electron chi connectivity index (χ0n) is 8.09. The molecular formula is C7H10F4O4S. The fraction of sp³-hybridized carbons (Fsp3) is 1.00.